The average Bonchev–Trinajstić information content (AvgIpc) is 3.06. The zero-order valence-electron chi connectivity index (χ0n) is 15.0. The zero-order chi connectivity index (χ0) is 19.1. The molecule has 0 unspecified atom stereocenters. The van der Waals surface area contributed by atoms with Gasteiger partial charge in [-0.1, -0.05) is 37.6 Å². The van der Waals surface area contributed by atoms with Gasteiger partial charge < -0.3 is 19.3 Å². The van der Waals surface area contributed by atoms with Crippen LogP contribution in [0.1, 0.15) is 26.0 Å². The molecule has 0 bridgehead atoms. The number of rotatable bonds is 8. The molecule has 1 N–H and O–H groups in total. The number of fused-ring (bicyclic) bond motifs is 1. The number of hydrogen-bond donors (Lipinski definition) is 1. The van der Waals surface area contributed by atoms with Gasteiger partial charge in [-0.05, 0) is 18.1 Å². The van der Waals surface area contributed by atoms with E-state index in [2.05, 4.69) is 10.5 Å². The van der Waals surface area contributed by atoms with E-state index in [1.54, 1.807) is 18.2 Å². The molecule has 0 fully saturated rings. The van der Waals surface area contributed by atoms with E-state index in [1.165, 1.54) is 7.11 Å². The molecule has 0 spiro atoms. The summed E-state index contributed by atoms with van der Waals surface area (Å²) < 4.78 is 14.8. The molecular formula is C18H22N2O6. The lowest BCUT2D eigenvalue weighted by Crippen LogP contribution is -2.47. The summed E-state index contributed by atoms with van der Waals surface area (Å²) in [5.41, 5.74) is 1.01. The Morgan fingerprint density at radius 1 is 1.27 bits per heavy atom. The van der Waals surface area contributed by atoms with E-state index < -0.39 is 30.5 Å². The summed E-state index contributed by atoms with van der Waals surface area (Å²) in [5, 5.41) is 7.10. The van der Waals surface area contributed by atoms with Crippen LogP contribution in [0.4, 0.5) is 0 Å². The number of methoxy groups -OCH3 is 1. The molecule has 1 aromatic carbocycles. The van der Waals surface area contributed by atoms with E-state index in [-0.39, 0.29) is 12.3 Å². The fraction of sp³-hybridized carbons (Fsp3) is 0.444. The van der Waals surface area contributed by atoms with E-state index in [0.29, 0.717) is 17.7 Å². The second-order valence-corrected chi connectivity index (χ2v) is 5.92. The maximum absolute atomic E-state index is 12.0. The van der Waals surface area contributed by atoms with Gasteiger partial charge in [0.2, 0.25) is 0 Å². The van der Waals surface area contributed by atoms with E-state index in [9.17, 15) is 14.4 Å². The van der Waals surface area contributed by atoms with Crippen LogP contribution >= 0.6 is 0 Å². The zero-order valence-corrected chi connectivity index (χ0v) is 15.0. The van der Waals surface area contributed by atoms with Crippen molar-refractivity contribution < 1.29 is 28.4 Å². The number of carbonyl (C=O) groups excluding carboxylic acids is 3. The van der Waals surface area contributed by atoms with Crippen molar-refractivity contribution in [2.45, 2.75) is 32.7 Å². The molecule has 1 heterocycles. The largest absolute Gasteiger partial charge is 0.467 e. The lowest BCUT2D eigenvalue weighted by atomic mass is 9.99. The number of esters is 2. The molecule has 0 aliphatic carbocycles. The van der Waals surface area contributed by atoms with Crippen LogP contribution in [0, 0.1) is 5.92 Å². The third-order valence-corrected chi connectivity index (χ3v) is 4.11. The first kappa shape index (κ1) is 19.4. The van der Waals surface area contributed by atoms with Crippen molar-refractivity contribution in [3.05, 3.63) is 30.0 Å². The number of carbonyl (C=O) groups is 3. The number of aromatic nitrogens is 1. The highest BCUT2D eigenvalue weighted by Gasteiger charge is 2.27. The second-order valence-electron chi connectivity index (χ2n) is 5.92. The van der Waals surface area contributed by atoms with E-state index in [4.69, 9.17) is 14.0 Å². The molecule has 0 aliphatic heterocycles. The normalized spacial score (nSPS) is 13.0. The van der Waals surface area contributed by atoms with Crippen molar-refractivity contribution in [3.63, 3.8) is 0 Å². The van der Waals surface area contributed by atoms with Crippen LogP contribution in [0.5, 0.6) is 0 Å². The third-order valence-electron chi connectivity index (χ3n) is 4.11. The fourth-order valence-corrected chi connectivity index (χ4v) is 2.41. The van der Waals surface area contributed by atoms with Gasteiger partial charge in [-0.25, -0.2) is 4.79 Å². The third kappa shape index (κ3) is 4.81. The summed E-state index contributed by atoms with van der Waals surface area (Å²) in [6, 6.07) is 6.36. The number of nitrogens with zero attached hydrogens (tertiary/aromatic N) is 1. The van der Waals surface area contributed by atoms with Gasteiger partial charge in [0.15, 0.2) is 12.2 Å². The Kier molecular flexibility index (Phi) is 6.71. The van der Waals surface area contributed by atoms with Gasteiger partial charge in [-0.15, -0.1) is 0 Å². The Balaban J connectivity index is 1.88. The highest BCUT2D eigenvalue weighted by Crippen LogP contribution is 2.18. The maximum atomic E-state index is 12.0. The van der Waals surface area contributed by atoms with Crippen molar-refractivity contribution in [1.29, 1.82) is 0 Å². The Bertz CT molecular complexity index is 785. The highest BCUT2D eigenvalue weighted by atomic mass is 16.5. The van der Waals surface area contributed by atoms with Crippen LogP contribution in [0.3, 0.4) is 0 Å². The van der Waals surface area contributed by atoms with E-state index >= 15 is 0 Å². The Morgan fingerprint density at radius 3 is 2.69 bits per heavy atom. The quantitative estimate of drug-likeness (QED) is 0.711. The molecule has 26 heavy (non-hydrogen) atoms. The summed E-state index contributed by atoms with van der Waals surface area (Å²) in [5.74, 6) is -1.83. The fourth-order valence-electron chi connectivity index (χ4n) is 2.41. The maximum Gasteiger partial charge on any atom is 0.328 e. The molecular weight excluding hydrogens is 340 g/mol. The van der Waals surface area contributed by atoms with E-state index in [0.717, 1.165) is 5.39 Å². The second kappa shape index (κ2) is 8.98. The minimum absolute atomic E-state index is 0.108. The molecule has 140 valence electrons. The summed E-state index contributed by atoms with van der Waals surface area (Å²) in [7, 11) is 1.26. The van der Waals surface area contributed by atoms with Crippen LogP contribution in [0.15, 0.2) is 28.8 Å². The van der Waals surface area contributed by atoms with Crippen molar-refractivity contribution in [2.24, 2.45) is 5.92 Å². The van der Waals surface area contributed by atoms with Gasteiger partial charge in [0.25, 0.3) is 5.91 Å². The summed E-state index contributed by atoms with van der Waals surface area (Å²) in [6.07, 6.45) is 0.565. The van der Waals surface area contributed by atoms with Crippen molar-refractivity contribution in [2.75, 3.05) is 13.7 Å². The molecule has 0 saturated carbocycles. The molecule has 0 aliphatic rings. The first-order valence-electron chi connectivity index (χ1n) is 8.32. The Morgan fingerprint density at radius 2 is 2.00 bits per heavy atom. The molecule has 8 heteroatoms. The van der Waals surface area contributed by atoms with Gasteiger partial charge >= 0.3 is 11.9 Å². The number of amides is 1. The van der Waals surface area contributed by atoms with Crippen LogP contribution < -0.4 is 5.32 Å². The SMILES string of the molecule is CC[C@@H](C)[C@@H](NC(=O)COC(=O)Cc1noc2ccccc12)C(=O)OC. The monoisotopic (exact) mass is 362 g/mol. The van der Waals surface area contributed by atoms with Gasteiger partial charge in [-0.2, -0.15) is 0 Å². The number of nitrogens with one attached hydrogen (secondary N) is 1. The average molecular weight is 362 g/mol. The standard InChI is InChI=1S/C18H22N2O6/c1-4-11(2)17(18(23)24-3)19-15(21)10-25-16(22)9-13-12-7-5-6-8-14(12)26-20-13/h5-8,11,17H,4,9-10H2,1-3H3,(H,19,21)/t11-,17-/m1/s1. The van der Waals surface area contributed by atoms with Crippen LogP contribution in [-0.2, 0) is 30.3 Å². The lowest BCUT2D eigenvalue weighted by Gasteiger charge is -2.21. The van der Waals surface area contributed by atoms with Gasteiger partial charge in [0, 0.05) is 5.39 Å². The van der Waals surface area contributed by atoms with Crippen molar-refractivity contribution in [3.8, 4) is 0 Å². The van der Waals surface area contributed by atoms with Gasteiger partial charge in [0.1, 0.15) is 11.7 Å². The number of benzene rings is 1. The lowest BCUT2D eigenvalue weighted by molar-refractivity contribution is -0.150. The first-order valence-corrected chi connectivity index (χ1v) is 8.32. The summed E-state index contributed by atoms with van der Waals surface area (Å²) in [6.45, 7) is 3.23. The molecule has 1 aromatic heterocycles. The molecule has 0 saturated heterocycles. The smallest absolute Gasteiger partial charge is 0.328 e. The molecule has 1 amide bonds. The van der Waals surface area contributed by atoms with Gasteiger partial charge in [-0.3, -0.25) is 9.59 Å². The number of para-hydroxylation sites is 1. The van der Waals surface area contributed by atoms with Crippen molar-refractivity contribution >= 4 is 28.8 Å². The van der Waals surface area contributed by atoms with Crippen LogP contribution in [0.25, 0.3) is 11.0 Å². The molecule has 2 rings (SSSR count). The Hall–Kier alpha value is -2.90. The molecule has 0 radical (unpaired) electrons. The molecule has 8 nitrogen and oxygen atoms in total. The van der Waals surface area contributed by atoms with Gasteiger partial charge in [0.05, 0.1) is 13.5 Å². The first-order chi connectivity index (χ1) is 12.5. The predicted molar refractivity (Wildman–Crippen MR) is 92.1 cm³/mol. The molecule has 2 atom stereocenters. The predicted octanol–water partition coefficient (Wildman–Crippen LogP) is 1.62. The number of ether oxygens (including phenoxy) is 2. The summed E-state index contributed by atoms with van der Waals surface area (Å²) >= 11 is 0. The van der Waals surface area contributed by atoms with Crippen LogP contribution in [0.2, 0.25) is 0 Å². The van der Waals surface area contributed by atoms with E-state index in [1.807, 2.05) is 19.9 Å². The molecule has 2 aromatic rings. The number of hydrogen-bond acceptors (Lipinski definition) is 7. The van der Waals surface area contributed by atoms with Crippen LogP contribution in [-0.4, -0.2) is 42.8 Å². The minimum Gasteiger partial charge on any atom is -0.467 e. The minimum atomic E-state index is -0.782. The summed E-state index contributed by atoms with van der Waals surface area (Å²) in [4.78, 5) is 35.7. The topological polar surface area (TPSA) is 108 Å². The van der Waals surface area contributed by atoms with Crippen molar-refractivity contribution in [1.82, 2.24) is 10.5 Å². The Labute approximate surface area is 150 Å². The highest BCUT2D eigenvalue weighted by molar-refractivity contribution is 5.87.